The lowest BCUT2D eigenvalue weighted by molar-refractivity contribution is -0.00546. The van der Waals surface area contributed by atoms with Crippen LogP contribution in [0.3, 0.4) is 0 Å². The van der Waals surface area contributed by atoms with E-state index in [2.05, 4.69) is 39.2 Å². The van der Waals surface area contributed by atoms with Gasteiger partial charge in [-0.15, -0.1) is 0 Å². The maximum absolute atomic E-state index is 12.5. The number of morpholine rings is 1. The van der Waals surface area contributed by atoms with Crippen LogP contribution in [-0.4, -0.2) is 46.3 Å². The van der Waals surface area contributed by atoms with Crippen LogP contribution >= 0.6 is 0 Å². The number of carbonyl (C=O) groups excluding carboxylic acids is 1. The van der Waals surface area contributed by atoms with Crippen molar-refractivity contribution in [1.29, 1.82) is 0 Å². The van der Waals surface area contributed by atoms with Crippen molar-refractivity contribution >= 4 is 11.7 Å². The second kappa shape index (κ2) is 8.62. The first-order valence-corrected chi connectivity index (χ1v) is 10.0. The lowest BCUT2D eigenvalue weighted by atomic mass is 10.1. The van der Waals surface area contributed by atoms with Crippen molar-refractivity contribution in [2.45, 2.75) is 39.5 Å². The number of nitrogens with zero attached hydrogens (tertiary/aromatic N) is 4. The van der Waals surface area contributed by atoms with Crippen LogP contribution in [0.2, 0.25) is 0 Å². The second-order valence-electron chi connectivity index (χ2n) is 7.59. The number of rotatable bonds is 5. The third-order valence-corrected chi connectivity index (χ3v) is 4.93. The summed E-state index contributed by atoms with van der Waals surface area (Å²) in [6.07, 6.45) is 2.18. The molecule has 3 aromatic rings. The Morgan fingerprint density at radius 3 is 2.47 bits per heavy atom. The summed E-state index contributed by atoms with van der Waals surface area (Å²) in [5, 5.41) is 6.70. The van der Waals surface area contributed by atoms with Crippen LogP contribution in [0.5, 0.6) is 0 Å². The monoisotopic (exact) mass is 407 g/mol. The van der Waals surface area contributed by atoms with E-state index in [-0.39, 0.29) is 18.1 Å². The van der Waals surface area contributed by atoms with Gasteiger partial charge in [-0.05, 0) is 56.7 Å². The first-order valence-electron chi connectivity index (χ1n) is 10.0. The molecule has 0 saturated carbocycles. The van der Waals surface area contributed by atoms with Gasteiger partial charge in [-0.3, -0.25) is 4.79 Å². The average molecular weight is 407 g/mol. The average Bonchev–Trinajstić information content (AvgIpc) is 3.18. The van der Waals surface area contributed by atoms with Gasteiger partial charge in [-0.25, -0.2) is 4.98 Å². The number of hydrogen-bond donors (Lipinski definition) is 1. The number of nitrogens with one attached hydrogen (secondary N) is 1. The zero-order valence-electron chi connectivity index (χ0n) is 17.3. The molecule has 1 aliphatic rings. The molecule has 2 aromatic heterocycles. The van der Waals surface area contributed by atoms with Crippen molar-refractivity contribution in [2.75, 3.05) is 18.0 Å². The summed E-state index contributed by atoms with van der Waals surface area (Å²) < 4.78 is 10.9. The minimum atomic E-state index is -0.150. The lowest BCUT2D eigenvalue weighted by Crippen LogP contribution is -2.45. The van der Waals surface area contributed by atoms with E-state index in [1.54, 1.807) is 37.4 Å². The summed E-state index contributed by atoms with van der Waals surface area (Å²) >= 11 is 0. The molecule has 156 valence electrons. The molecule has 8 nitrogen and oxygen atoms in total. The standard InChI is InChI=1S/C22H25N5O3/c1-14-12-27(13-15(2)29-14)20-9-4-17(10-23-20)11-24-21(28)18-5-7-19(8-6-18)22-25-16(3)26-30-22/h4-10,14-15H,11-13H2,1-3H3,(H,24,28). The number of benzene rings is 1. The number of amides is 1. The van der Waals surface area contributed by atoms with Gasteiger partial charge in [0.1, 0.15) is 5.82 Å². The molecule has 1 fully saturated rings. The minimum Gasteiger partial charge on any atom is -0.372 e. The molecule has 3 heterocycles. The molecule has 1 saturated heterocycles. The molecule has 4 rings (SSSR count). The van der Waals surface area contributed by atoms with Crippen molar-refractivity contribution in [2.24, 2.45) is 0 Å². The maximum atomic E-state index is 12.5. The van der Waals surface area contributed by atoms with Gasteiger partial charge >= 0.3 is 0 Å². The Labute approximate surface area is 175 Å². The highest BCUT2D eigenvalue weighted by Gasteiger charge is 2.23. The van der Waals surface area contributed by atoms with E-state index in [1.807, 2.05) is 12.1 Å². The first-order chi connectivity index (χ1) is 14.5. The molecule has 30 heavy (non-hydrogen) atoms. The van der Waals surface area contributed by atoms with E-state index in [0.717, 1.165) is 30.0 Å². The minimum absolute atomic E-state index is 0.150. The molecule has 2 unspecified atom stereocenters. The van der Waals surface area contributed by atoms with Gasteiger partial charge in [0.05, 0.1) is 12.2 Å². The summed E-state index contributed by atoms with van der Waals surface area (Å²) in [7, 11) is 0. The molecule has 2 atom stereocenters. The highest BCUT2D eigenvalue weighted by molar-refractivity contribution is 5.94. The van der Waals surface area contributed by atoms with Crippen molar-refractivity contribution < 1.29 is 14.1 Å². The maximum Gasteiger partial charge on any atom is 0.257 e. The zero-order chi connectivity index (χ0) is 21.1. The van der Waals surface area contributed by atoms with Gasteiger partial charge in [0.25, 0.3) is 11.8 Å². The van der Waals surface area contributed by atoms with Crippen LogP contribution in [0, 0.1) is 6.92 Å². The summed E-state index contributed by atoms with van der Waals surface area (Å²) in [5.41, 5.74) is 2.29. The zero-order valence-corrected chi connectivity index (χ0v) is 17.3. The Kier molecular flexibility index (Phi) is 5.76. The van der Waals surface area contributed by atoms with Gasteiger partial charge in [0, 0.05) is 37.0 Å². The van der Waals surface area contributed by atoms with E-state index >= 15 is 0 Å². The molecule has 0 spiro atoms. The third-order valence-electron chi connectivity index (χ3n) is 4.93. The molecule has 1 amide bonds. The van der Waals surface area contributed by atoms with E-state index in [0.29, 0.717) is 23.8 Å². The van der Waals surface area contributed by atoms with Crippen LogP contribution in [0.4, 0.5) is 5.82 Å². The summed E-state index contributed by atoms with van der Waals surface area (Å²) in [4.78, 5) is 23.4. The molecule has 8 heteroatoms. The number of aryl methyl sites for hydroxylation is 1. The smallest absolute Gasteiger partial charge is 0.257 e. The molecule has 0 bridgehead atoms. The van der Waals surface area contributed by atoms with Crippen LogP contribution in [0.1, 0.15) is 35.6 Å². The van der Waals surface area contributed by atoms with Crippen LogP contribution in [-0.2, 0) is 11.3 Å². The van der Waals surface area contributed by atoms with Gasteiger partial charge < -0.3 is 19.5 Å². The largest absolute Gasteiger partial charge is 0.372 e. The number of aromatic nitrogens is 3. The van der Waals surface area contributed by atoms with Crippen molar-refractivity contribution in [3.8, 4) is 11.5 Å². The predicted molar refractivity (Wildman–Crippen MR) is 112 cm³/mol. The number of hydrogen-bond acceptors (Lipinski definition) is 7. The topological polar surface area (TPSA) is 93.4 Å². The van der Waals surface area contributed by atoms with Crippen molar-refractivity contribution in [1.82, 2.24) is 20.4 Å². The fraction of sp³-hybridized carbons (Fsp3) is 0.364. The van der Waals surface area contributed by atoms with E-state index in [4.69, 9.17) is 9.26 Å². The molecule has 1 N–H and O–H groups in total. The third kappa shape index (κ3) is 4.65. The molecular formula is C22H25N5O3. The predicted octanol–water partition coefficient (Wildman–Crippen LogP) is 2.98. The molecule has 0 radical (unpaired) electrons. The molecule has 1 aromatic carbocycles. The quantitative estimate of drug-likeness (QED) is 0.695. The van der Waals surface area contributed by atoms with Gasteiger partial charge in [-0.2, -0.15) is 4.98 Å². The second-order valence-corrected chi connectivity index (χ2v) is 7.59. The summed E-state index contributed by atoms with van der Waals surface area (Å²) in [5.74, 6) is 1.79. The van der Waals surface area contributed by atoms with Crippen LogP contribution in [0.15, 0.2) is 47.1 Å². The van der Waals surface area contributed by atoms with Crippen LogP contribution in [0.25, 0.3) is 11.5 Å². The Morgan fingerprint density at radius 2 is 1.87 bits per heavy atom. The number of pyridine rings is 1. The number of anilines is 1. The number of carbonyl (C=O) groups is 1. The number of ether oxygens (including phenoxy) is 1. The fourth-order valence-corrected chi connectivity index (χ4v) is 3.54. The fourth-order valence-electron chi connectivity index (χ4n) is 3.54. The van der Waals surface area contributed by atoms with E-state index < -0.39 is 0 Å². The van der Waals surface area contributed by atoms with E-state index in [1.165, 1.54) is 0 Å². The molecule has 0 aliphatic carbocycles. The van der Waals surface area contributed by atoms with Crippen LogP contribution < -0.4 is 10.2 Å². The normalized spacial score (nSPS) is 19.0. The van der Waals surface area contributed by atoms with Gasteiger partial charge in [-0.1, -0.05) is 11.2 Å². The first kappa shape index (κ1) is 20.0. The van der Waals surface area contributed by atoms with Gasteiger partial charge in [0.2, 0.25) is 0 Å². The molecular weight excluding hydrogens is 382 g/mol. The summed E-state index contributed by atoms with van der Waals surface area (Å²) in [6, 6.07) is 11.1. The highest BCUT2D eigenvalue weighted by Crippen LogP contribution is 2.19. The Morgan fingerprint density at radius 1 is 1.13 bits per heavy atom. The highest BCUT2D eigenvalue weighted by atomic mass is 16.5. The SMILES string of the molecule is Cc1noc(-c2ccc(C(=O)NCc3ccc(N4CC(C)OC(C)C4)nc3)cc2)n1. The summed E-state index contributed by atoms with van der Waals surface area (Å²) in [6.45, 7) is 7.97. The Bertz CT molecular complexity index is 990. The van der Waals surface area contributed by atoms with E-state index in [9.17, 15) is 4.79 Å². The van der Waals surface area contributed by atoms with Crippen molar-refractivity contribution in [3.05, 3.63) is 59.5 Å². The van der Waals surface area contributed by atoms with Crippen molar-refractivity contribution in [3.63, 3.8) is 0 Å². The molecule has 1 aliphatic heterocycles. The van der Waals surface area contributed by atoms with Gasteiger partial charge in [0.15, 0.2) is 5.82 Å². The lowest BCUT2D eigenvalue weighted by Gasteiger charge is -2.36. The Balaban J connectivity index is 1.33. The Hall–Kier alpha value is -3.26.